The second-order valence-electron chi connectivity index (χ2n) is 4.06. The number of hydrogen-bond donors (Lipinski definition) is 2. The molecule has 18 heavy (non-hydrogen) atoms. The first-order valence-electron chi connectivity index (χ1n) is 5.63. The van der Waals surface area contributed by atoms with Crippen molar-refractivity contribution in [3.63, 3.8) is 0 Å². The Morgan fingerprint density at radius 1 is 1.33 bits per heavy atom. The molecule has 5 heteroatoms. The first-order chi connectivity index (χ1) is 8.59. The van der Waals surface area contributed by atoms with E-state index in [1.807, 2.05) is 36.0 Å². The number of carbonyl (C=O) groups excluding carboxylic acids is 1. The quantitative estimate of drug-likeness (QED) is 0.856. The Kier molecular flexibility index (Phi) is 3.32. The fourth-order valence-corrected chi connectivity index (χ4v) is 1.88. The third-order valence-corrected chi connectivity index (χ3v) is 2.80. The van der Waals surface area contributed by atoms with Gasteiger partial charge in [-0.15, -0.1) is 0 Å². The molecule has 2 N–H and O–H groups in total. The number of aryl methyl sites for hydroxylation is 1. The van der Waals surface area contributed by atoms with Crippen molar-refractivity contribution in [3.05, 3.63) is 36.0 Å². The molecule has 0 saturated heterocycles. The molecule has 94 valence electrons. The second kappa shape index (κ2) is 4.91. The number of carbonyl (C=O) groups is 2. The van der Waals surface area contributed by atoms with E-state index < -0.39 is 5.97 Å². The van der Waals surface area contributed by atoms with Gasteiger partial charge in [-0.2, -0.15) is 0 Å². The maximum atomic E-state index is 11.9. The number of hydrogen-bond acceptors (Lipinski definition) is 2. The first-order valence-corrected chi connectivity index (χ1v) is 5.63. The Balaban J connectivity index is 2.20. The predicted octanol–water partition coefficient (Wildman–Crippen LogP) is 1.38. The molecule has 0 aliphatic carbocycles. The van der Waals surface area contributed by atoms with Crippen LogP contribution in [0.2, 0.25) is 0 Å². The van der Waals surface area contributed by atoms with Crippen LogP contribution in [0.4, 0.5) is 0 Å². The number of rotatable bonds is 4. The molecular formula is C13H14N2O3. The summed E-state index contributed by atoms with van der Waals surface area (Å²) in [6.07, 6.45) is 1.81. The van der Waals surface area contributed by atoms with Gasteiger partial charge in [0.2, 0.25) is 0 Å². The fourth-order valence-electron chi connectivity index (χ4n) is 1.88. The zero-order valence-corrected chi connectivity index (χ0v) is 10.0. The van der Waals surface area contributed by atoms with Gasteiger partial charge in [-0.3, -0.25) is 9.59 Å². The highest BCUT2D eigenvalue weighted by atomic mass is 16.4. The minimum Gasteiger partial charge on any atom is -0.481 e. The van der Waals surface area contributed by atoms with Crippen LogP contribution in [0.3, 0.4) is 0 Å². The van der Waals surface area contributed by atoms with E-state index in [1.165, 1.54) is 0 Å². The molecule has 1 aromatic carbocycles. The van der Waals surface area contributed by atoms with E-state index in [4.69, 9.17) is 5.11 Å². The Morgan fingerprint density at radius 2 is 2.11 bits per heavy atom. The van der Waals surface area contributed by atoms with Gasteiger partial charge >= 0.3 is 5.97 Å². The summed E-state index contributed by atoms with van der Waals surface area (Å²) in [5, 5.41) is 12.0. The van der Waals surface area contributed by atoms with Gasteiger partial charge < -0.3 is 15.0 Å². The summed E-state index contributed by atoms with van der Waals surface area (Å²) in [7, 11) is 1.91. The maximum Gasteiger partial charge on any atom is 0.305 e. The number of carboxylic acid groups (broad SMARTS) is 1. The van der Waals surface area contributed by atoms with Crippen molar-refractivity contribution in [2.45, 2.75) is 6.42 Å². The minimum absolute atomic E-state index is 0.0729. The molecule has 0 aliphatic rings. The van der Waals surface area contributed by atoms with Crippen molar-refractivity contribution in [2.24, 2.45) is 7.05 Å². The number of amides is 1. The molecule has 1 heterocycles. The largest absolute Gasteiger partial charge is 0.481 e. The third-order valence-electron chi connectivity index (χ3n) is 2.80. The van der Waals surface area contributed by atoms with Crippen molar-refractivity contribution >= 4 is 22.8 Å². The molecule has 0 spiro atoms. The molecule has 1 amide bonds. The van der Waals surface area contributed by atoms with Gasteiger partial charge in [0.25, 0.3) is 5.91 Å². The number of aromatic nitrogens is 1. The van der Waals surface area contributed by atoms with E-state index in [9.17, 15) is 9.59 Å². The molecule has 1 aromatic heterocycles. The lowest BCUT2D eigenvalue weighted by Gasteiger charge is -2.05. The number of nitrogens with zero attached hydrogens (tertiary/aromatic N) is 1. The zero-order valence-electron chi connectivity index (χ0n) is 10.0. The molecule has 0 atom stereocenters. The average Bonchev–Trinajstić information content (AvgIpc) is 2.71. The fraction of sp³-hybridized carbons (Fsp3) is 0.231. The topological polar surface area (TPSA) is 71.3 Å². The Hall–Kier alpha value is -2.30. The summed E-state index contributed by atoms with van der Waals surface area (Å²) >= 11 is 0. The Bertz CT molecular complexity index is 601. The van der Waals surface area contributed by atoms with Crippen molar-refractivity contribution in [2.75, 3.05) is 6.54 Å². The average molecular weight is 246 g/mol. The molecule has 0 fully saturated rings. The molecule has 2 aromatic rings. The molecule has 0 aliphatic heterocycles. The van der Waals surface area contributed by atoms with E-state index in [-0.39, 0.29) is 18.9 Å². The molecular weight excluding hydrogens is 232 g/mol. The van der Waals surface area contributed by atoms with Crippen LogP contribution >= 0.6 is 0 Å². The first kappa shape index (κ1) is 12.2. The van der Waals surface area contributed by atoms with Crippen LogP contribution in [0.15, 0.2) is 30.5 Å². The van der Waals surface area contributed by atoms with Gasteiger partial charge in [0.15, 0.2) is 0 Å². The molecule has 2 rings (SSSR count). The molecule has 0 radical (unpaired) electrons. The number of fused-ring (bicyclic) bond motifs is 1. The summed E-state index contributed by atoms with van der Waals surface area (Å²) in [5.41, 5.74) is 1.54. The smallest absolute Gasteiger partial charge is 0.305 e. The van der Waals surface area contributed by atoms with E-state index in [1.54, 1.807) is 6.07 Å². The summed E-state index contributed by atoms with van der Waals surface area (Å²) in [5.74, 6) is -1.17. The van der Waals surface area contributed by atoms with Crippen molar-refractivity contribution in [1.29, 1.82) is 0 Å². The number of nitrogens with one attached hydrogen (secondary N) is 1. The lowest BCUT2D eigenvalue weighted by molar-refractivity contribution is -0.136. The lowest BCUT2D eigenvalue weighted by atomic mass is 10.1. The summed E-state index contributed by atoms with van der Waals surface area (Å²) in [6, 6.07) is 7.36. The van der Waals surface area contributed by atoms with Crippen LogP contribution in [0.25, 0.3) is 10.9 Å². The van der Waals surface area contributed by atoms with Crippen molar-refractivity contribution in [1.82, 2.24) is 9.88 Å². The van der Waals surface area contributed by atoms with Crippen molar-refractivity contribution < 1.29 is 14.7 Å². The number of benzene rings is 1. The molecule has 0 bridgehead atoms. The molecule has 0 unspecified atom stereocenters. The van der Waals surface area contributed by atoms with Gasteiger partial charge in [0.05, 0.1) is 6.42 Å². The zero-order chi connectivity index (χ0) is 13.1. The normalized spacial score (nSPS) is 10.5. The van der Waals surface area contributed by atoms with Gasteiger partial charge in [0, 0.05) is 36.3 Å². The van der Waals surface area contributed by atoms with Gasteiger partial charge in [0.1, 0.15) is 0 Å². The number of carboxylic acids is 1. The Labute approximate surface area is 104 Å². The van der Waals surface area contributed by atoms with Gasteiger partial charge in [-0.05, 0) is 18.2 Å². The van der Waals surface area contributed by atoms with Crippen LogP contribution in [0.1, 0.15) is 16.8 Å². The highest BCUT2D eigenvalue weighted by molar-refractivity contribution is 6.06. The van der Waals surface area contributed by atoms with E-state index >= 15 is 0 Å². The molecule has 5 nitrogen and oxygen atoms in total. The summed E-state index contributed by atoms with van der Waals surface area (Å²) in [6.45, 7) is 0.136. The van der Waals surface area contributed by atoms with Crippen LogP contribution in [-0.2, 0) is 11.8 Å². The van der Waals surface area contributed by atoms with E-state index in [0.717, 1.165) is 10.9 Å². The van der Waals surface area contributed by atoms with Crippen molar-refractivity contribution in [3.8, 4) is 0 Å². The lowest BCUT2D eigenvalue weighted by Crippen LogP contribution is -2.26. The highest BCUT2D eigenvalue weighted by Crippen LogP contribution is 2.19. The van der Waals surface area contributed by atoms with E-state index in [0.29, 0.717) is 5.56 Å². The Morgan fingerprint density at radius 3 is 2.83 bits per heavy atom. The SMILES string of the molecule is Cn1ccc2c(C(=O)NCCC(=O)O)cccc21. The van der Waals surface area contributed by atoms with E-state index in [2.05, 4.69) is 5.32 Å². The van der Waals surface area contributed by atoms with Crippen LogP contribution in [0.5, 0.6) is 0 Å². The monoisotopic (exact) mass is 246 g/mol. The second-order valence-corrected chi connectivity index (χ2v) is 4.06. The highest BCUT2D eigenvalue weighted by Gasteiger charge is 2.11. The third kappa shape index (κ3) is 2.34. The maximum absolute atomic E-state index is 11.9. The summed E-state index contributed by atoms with van der Waals surface area (Å²) in [4.78, 5) is 22.3. The van der Waals surface area contributed by atoms with Crippen LogP contribution < -0.4 is 5.32 Å². The van der Waals surface area contributed by atoms with Gasteiger partial charge in [-0.1, -0.05) is 6.07 Å². The number of aliphatic carboxylic acids is 1. The molecule has 0 saturated carbocycles. The van der Waals surface area contributed by atoms with Gasteiger partial charge in [-0.25, -0.2) is 0 Å². The minimum atomic E-state index is -0.923. The van der Waals surface area contributed by atoms with Crippen LogP contribution in [0, 0.1) is 0 Å². The van der Waals surface area contributed by atoms with Crippen LogP contribution in [-0.4, -0.2) is 28.1 Å². The predicted molar refractivity (Wildman–Crippen MR) is 67.5 cm³/mol. The standard InChI is InChI=1S/C13H14N2O3/c1-15-8-6-9-10(3-2-4-11(9)15)13(18)14-7-5-12(16)17/h2-4,6,8H,5,7H2,1H3,(H,14,18)(H,16,17). The summed E-state index contributed by atoms with van der Waals surface area (Å²) < 4.78 is 1.93.